The van der Waals surface area contributed by atoms with Crippen molar-refractivity contribution in [1.29, 1.82) is 0 Å². The van der Waals surface area contributed by atoms with E-state index in [1.54, 1.807) is 16.8 Å². The number of aliphatic hydroxyl groups is 1. The van der Waals surface area contributed by atoms with Gasteiger partial charge in [-0.25, -0.2) is 4.98 Å². The molecule has 2 aromatic carbocycles. The van der Waals surface area contributed by atoms with Gasteiger partial charge >= 0.3 is 7.60 Å². The molecule has 3 aliphatic heterocycles. The van der Waals surface area contributed by atoms with Crippen molar-refractivity contribution in [1.82, 2.24) is 51.3 Å². The molecule has 0 radical (unpaired) electrons. The number of fused-ring (bicyclic) bond motifs is 2. The number of unbranched alkanes of at least 4 members (excludes halogenated alkanes) is 5. The van der Waals surface area contributed by atoms with E-state index in [0.29, 0.717) is 37.6 Å². The number of rotatable bonds is 25. The first-order valence-electron chi connectivity index (χ1n) is 28.7. The number of aliphatic hydroxyl groups excluding tert-OH is 1. The summed E-state index contributed by atoms with van der Waals surface area (Å²) in [6, 6.07) is 6.92. The number of H-pyrrole nitrogens is 1. The molecule has 0 bridgehead atoms. The third-order valence-corrected chi connectivity index (χ3v) is 17.5. The number of primary amides is 1. The van der Waals surface area contributed by atoms with Crippen LogP contribution in [0.5, 0.6) is 0 Å². The normalized spacial score (nSPS) is 19.7. The van der Waals surface area contributed by atoms with Crippen molar-refractivity contribution >= 4 is 88.5 Å². The van der Waals surface area contributed by atoms with E-state index in [1.807, 2.05) is 52.0 Å². The van der Waals surface area contributed by atoms with Gasteiger partial charge in [0, 0.05) is 81.4 Å². The Hall–Kier alpha value is -7.38. The number of hydrogen-bond donors (Lipinski definition) is 10. The molecular formula is C58H78N11O14PS. The molecule has 3 fully saturated rings. The molecule has 7 atom stereocenters. The average Bonchev–Trinajstić information content (AvgIpc) is 3.90. The van der Waals surface area contributed by atoms with Crippen molar-refractivity contribution in [2.75, 3.05) is 26.2 Å². The van der Waals surface area contributed by atoms with Gasteiger partial charge < -0.3 is 66.9 Å². The van der Waals surface area contributed by atoms with Crippen LogP contribution in [0.4, 0.5) is 0 Å². The molecule has 2 aromatic heterocycles. The number of nitrogens with one attached hydrogen (secondary N) is 6. The topological polar surface area (TPSA) is 373 Å². The molecule has 0 spiro atoms. The van der Waals surface area contributed by atoms with Gasteiger partial charge in [0.25, 0.3) is 11.4 Å². The van der Waals surface area contributed by atoms with E-state index < -0.39 is 102 Å². The van der Waals surface area contributed by atoms with Crippen molar-refractivity contribution in [3.8, 4) is 10.4 Å². The maximum Gasteiger partial charge on any atom is 0.396 e. The van der Waals surface area contributed by atoms with Gasteiger partial charge in [0.1, 0.15) is 35.9 Å². The summed E-state index contributed by atoms with van der Waals surface area (Å²) in [4.78, 5) is 165. The molecule has 3 aliphatic rings. The minimum absolute atomic E-state index is 0.0408. The van der Waals surface area contributed by atoms with Crippen LogP contribution in [-0.4, -0.2) is 167 Å². The number of carbonyl (C=O) groups is 10. The average molecular weight is 1220 g/mol. The van der Waals surface area contributed by atoms with Gasteiger partial charge in [-0.2, -0.15) is 0 Å². The maximum absolute atomic E-state index is 14.5. The Morgan fingerprint density at radius 1 is 0.859 bits per heavy atom. The van der Waals surface area contributed by atoms with Crippen molar-refractivity contribution < 1.29 is 67.4 Å². The van der Waals surface area contributed by atoms with Gasteiger partial charge in [-0.3, -0.25) is 52.5 Å². The number of thiazole rings is 1. The number of aromatic nitrogens is 2. The molecule has 85 heavy (non-hydrogen) atoms. The molecule has 5 heterocycles. The highest BCUT2D eigenvalue weighted by Gasteiger charge is 2.47. The van der Waals surface area contributed by atoms with Gasteiger partial charge in [-0.1, -0.05) is 70.7 Å². The minimum atomic E-state index is -5.09. The molecule has 0 aliphatic carbocycles. The fraction of sp³-hybridized carbons (Fsp3) is 0.534. The summed E-state index contributed by atoms with van der Waals surface area (Å²) in [5.41, 5.74) is 7.98. The Kier molecular flexibility index (Phi) is 22.0. The number of β-amino-alcohol motifs (C(OH)–C–C–N with tert-alkyl or cyclic N) is 1. The number of carbonyl (C=O) groups excluding carboxylic acids is 10. The van der Waals surface area contributed by atoms with Crippen LogP contribution in [0.3, 0.4) is 0 Å². The van der Waals surface area contributed by atoms with E-state index >= 15 is 0 Å². The number of nitrogens with two attached hydrogens (primary N) is 1. The number of likely N-dealkylation sites (tertiary alicyclic amines) is 1. The van der Waals surface area contributed by atoms with E-state index in [2.05, 4.69) is 36.6 Å². The van der Waals surface area contributed by atoms with Crippen LogP contribution in [0.15, 0.2) is 54.0 Å². The first-order valence-corrected chi connectivity index (χ1v) is 31.2. The second kappa shape index (κ2) is 28.7. The largest absolute Gasteiger partial charge is 0.396 e. The summed E-state index contributed by atoms with van der Waals surface area (Å²) in [5, 5.41) is 25.0. The summed E-state index contributed by atoms with van der Waals surface area (Å²) >= 11 is 1.55. The van der Waals surface area contributed by atoms with E-state index in [9.17, 15) is 67.4 Å². The lowest BCUT2D eigenvalue weighted by molar-refractivity contribution is -0.145. The number of aromatic amines is 1. The number of nitrogens with zero attached hydrogens (tertiary/aromatic N) is 4. The van der Waals surface area contributed by atoms with E-state index in [0.717, 1.165) is 41.0 Å². The minimum Gasteiger partial charge on any atom is -0.391 e. The molecule has 0 saturated carbocycles. The highest BCUT2D eigenvalue weighted by molar-refractivity contribution is 7.70. The van der Waals surface area contributed by atoms with E-state index in [4.69, 9.17) is 5.73 Å². The highest BCUT2D eigenvalue weighted by atomic mass is 32.1. The molecule has 27 heteroatoms. The molecule has 460 valence electrons. The SMILES string of the molecule is CC(=O)N1CC[C@H]2CC[C@@H](C(=O)N[C@@H](CCC(N)=O)C(=O)NCCCCCCCCC(=O)N[C@H](C(=O)N3C[C@H](O)C[C@H]3C(=O)NCc3ccc(-c4scnc4C)cc3)C(C)(C)C)N2C(=O)[C@@H](NC(=O)c2cc3cc(C(=O)P(=O)(O)O)ccc3[nH]2)C1. The summed E-state index contributed by atoms with van der Waals surface area (Å²) in [6.45, 7) is 9.18. The smallest absolute Gasteiger partial charge is 0.391 e. The predicted octanol–water partition coefficient (Wildman–Crippen LogP) is 3.03. The quantitative estimate of drug-likeness (QED) is 0.0337. The van der Waals surface area contributed by atoms with Crippen LogP contribution in [0.1, 0.15) is 143 Å². The summed E-state index contributed by atoms with van der Waals surface area (Å²) in [6.07, 6.45) is 4.03. The van der Waals surface area contributed by atoms with Crippen molar-refractivity contribution in [2.45, 2.75) is 167 Å². The Bertz CT molecular complexity index is 3190. The van der Waals surface area contributed by atoms with E-state index in [-0.39, 0.29) is 93.3 Å². The zero-order valence-corrected chi connectivity index (χ0v) is 50.2. The summed E-state index contributed by atoms with van der Waals surface area (Å²) in [7, 11) is -5.09. The monoisotopic (exact) mass is 1220 g/mol. The predicted molar refractivity (Wildman–Crippen MR) is 314 cm³/mol. The highest BCUT2D eigenvalue weighted by Crippen LogP contribution is 2.40. The Morgan fingerprint density at radius 3 is 2.22 bits per heavy atom. The fourth-order valence-electron chi connectivity index (χ4n) is 11.1. The maximum atomic E-state index is 14.5. The lowest BCUT2D eigenvalue weighted by Gasteiger charge is -2.38. The Balaban J connectivity index is 0.851. The second-order valence-corrected chi connectivity index (χ2v) is 25.6. The number of hydrogen-bond acceptors (Lipinski definition) is 14. The lowest BCUT2D eigenvalue weighted by atomic mass is 9.85. The summed E-state index contributed by atoms with van der Waals surface area (Å²) < 4.78 is 11.6. The zero-order chi connectivity index (χ0) is 61.9. The number of amides is 9. The molecular weight excluding hydrogens is 1140 g/mol. The number of aryl methyl sites for hydroxylation is 1. The molecule has 3 saturated heterocycles. The van der Waals surface area contributed by atoms with Crippen LogP contribution in [0.25, 0.3) is 21.3 Å². The first kappa shape index (κ1) is 65.2. The first-order chi connectivity index (χ1) is 40.2. The lowest BCUT2D eigenvalue weighted by Crippen LogP contribution is -2.61. The van der Waals surface area contributed by atoms with Gasteiger partial charge in [-0.05, 0) is 86.3 Å². The van der Waals surface area contributed by atoms with Crippen LogP contribution < -0.4 is 32.3 Å². The van der Waals surface area contributed by atoms with E-state index in [1.165, 1.54) is 45.9 Å². The summed E-state index contributed by atoms with van der Waals surface area (Å²) in [5.74, 6) is -4.83. The zero-order valence-electron chi connectivity index (χ0n) is 48.5. The molecule has 25 nitrogen and oxygen atoms in total. The van der Waals surface area contributed by atoms with Gasteiger partial charge in [0.15, 0.2) is 0 Å². The van der Waals surface area contributed by atoms with Crippen LogP contribution in [0, 0.1) is 12.3 Å². The van der Waals surface area contributed by atoms with Gasteiger partial charge in [-0.15, -0.1) is 11.3 Å². The van der Waals surface area contributed by atoms with Crippen LogP contribution in [0.2, 0.25) is 0 Å². The van der Waals surface area contributed by atoms with Gasteiger partial charge in [0.2, 0.25) is 47.3 Å². The number of benzene rings is 2. The van der Waals surface area contributed by atoms with Crippen molar-refractivity contribution in [3.05, 3.63) is 76.6 Å². The van der Waals surface area contributed by atoms with Crippen molar-refractivity contribution in [3.63, 3.8) is 0 Å². The molecule has 7 rings (SSSR count). The molecule has 9 amide bonds. The Labute approximate surface area is 496 Å². The van der Waals surface area contributed by atoms with Crippen LogP contribution in [-0.2, 0) is 49.5 Å². The fourth-order valence-corrected chi connectivity index (χ4v) is 12.4. The second-order valence-electron chi connectivity index (χ2n) is 23.3. The van der Waals surface area contributed by atoms with Crippen molar-refractivity contribution in [2.24, 2.45) is 11.1 Å². The Morgan fingerprint density at radius 2 is 1.56 bits per heavy atom. The molecule has 11 N–H and O–H groups in total. The standard InChI is InChI=1S/C58H78N11O14PS/c1-33-49(85-32-62-33)36-15-13-35(14-16-36)29-61-53(76)46-28-40(71)30-68(46)56(79)50(58(3,4)5)66-48(73)12-10-8-6-7-9-11-24-60-51(74)42(20-22-47(59)72)64-54(77)45-21-18-39-23-25-67(34(2)70)31-44(55(78)69(39)45)65-52(75)43-27-38-26-37(17-19-41(38)63-43)57(80)84(81,82)83/h13-17,19,26-27,32,39-40,42,44-46,50,63,71H,6-12,18,20-25,28-31H2,1-5H3,(H2,59,72)(H,60,74)(H,61,76)(H,64,77)(H,65,75)(H,66,73)(H2,81,82,83)/t39-,40-,42+,44+,45+,46+,50-/m1/s1. The third-order valence-electron chi connectivity index (χ3n) is 15.8. The third kappa shape index (κ3) is 17.2. The van der Waals surface area contributed by atoms with Crippen LogP contribution >= 0.6 is 18.9 Å². The molecule has 4 aromatic rings. The molecule has 0 unspecified atom stereocenters. The van der Waals surface area contributed by atoms with Gasteiger partial charge in [0.05, 0.1) is 22.2 Å².